The lowest BCUT2D eigenvalue weighted by Gasteiger charge is -2.25. The summed E-state index contributed by atoms with van der Waals surface area (Å²) in [5, 5.41) is 14.0. The van der Waals surface area contributed by atoms with E-state index >= 15 is 0 Å². The topological polar surface area (TPSA) is 41.5 Å². The molecule has 0 aliphatic carbocycles. The first-order valence-corrected chi connectivity index (χ1v) is 6.96. The third-order valence-electron chi connectivity index (χ3n) is 3.19. The SMILES string of the molecule is COCCC(C)(C)CNCC(O)c1ccccc1Cl. The van der Waals surface area contributed by atoms with Crippen LogP contribution >= 0.6 is 11.6 Å². The number of rotatable bonds is 8. The monoisotopic (exact) mass is 285 g/mol. The van der Waals surface area contributed by atoms with Gasteiger partial charge in [-0.1, -0.05) is 43.6 Å². The van der Waals surface area contributed by atoms with E-state index in [1.165, 1.54) is 0 Å². The van der Waals surface area contributed by atoms with Crippen molar-refractivity contribution in [2.45, 2.75) is 26.4 Å². The quantitative estimate of drug-likeness (QED) is 0.771. The largest absolute Gasteiger partial charge is 0.387 e. The van der Waals surface area contributed by atoms with Crippen LogP contribution in [0.15, 0.2) is 24.3 Å². The van der Waals surface area contributed by atoms with Crippen LogP contribution < -0.4 is 5.32 Å². The van der Waals surface area contributed by atoms with Gasteiger partial charge in [-0.15, -0.1) is 0 Å². The molecule has 0 radical (unpaired) electrons. The van der Waals surface area contributed by atoms with Crippen molar-refractivity contribution >= 4 is 11.6 Å². The van der Waals surface area contributed by atoms with Gasteiger partial charge < -0.3 is 15.2 Å². The van der Waals surface area contributed by atoms with Gasteiger partial charge in [0.1, 0.15) is 0 Å². The van der Waals surface area contributed by atoms with Crippen molar-refractivity contribution in [1.29, 1.82) is 0 Å². The van der Waals surface area contributed by atoms with Crippen LogP contribution in [0.1, 0.15) is 31.9 Å². The maximum Gasteiger partial charge on any atom is 0.0928 e. The zero-order chi connectivity index (χ0) is 14.3. The predicted molar refractivity (Wildman–Crippen MR) is 79.6 cm³/mol. The summed E-state index contributed by atoms with van der Waals surface area (Å²) in [5.41, 5.74) is 0.919. The van der Waals surface area contributed by atoms with E-state index in [0.29, 0.717) is 11.6 Å². The maximum atomic E-state index is 10.1. The van der Waals surface area contributed by atoms with Crippen LogP contribution in [0.5, 0.6) is 0 Å². The predicted octanol–water partition coefficient (Wildman–Crippen LogP) is 3.03. The Morgan fingerprint density at radius 3 is 2.68 bits per heavy atom. The minimum Gasteiger partial charge on any atom is -0.387 e. The second kappa shape index (κ2) is 7.85. The minimum atomic E-state index is -0.577. The highest BCUT2D eigenvalue weighted by Gasteiger charge is 2.18. The standard InChI is InChI=1S/C15H24ClNO2/c1-15(2,8-9-19-3)11-17-10-14(18)12-6-4-5-7-13(12)16/h4-7,14,17-18H,8-11H2,1-3H3. The van der Waals surface area contributed by atoms with Gasteiger partial charge in [-0.25, -0.2) is 0 Å². The second-order valence-corrected chi connectivity index (χ2v) is 5.98. The van der Waals surface area contributed by atoms with Crippen LogP contribution in [0, 0.1) is 5.41 Å². The number of nitrogens with one attached hydrogen (secondary N) is 1. The normalized spacial score (nSPS) is 13.5. The molecule has 1 aromatic rings. The highest BCUT2D eigenvalue weighted by atomic mass is 35.5. The van der Waals surface area contributed by atoms with E-state index in [2.05, 4.69) is 19.2 Å². The zero-order valence-electron chi connectivity index (χ0n) is 11.9. The fraction of sp³-hybridized carbons (Fsp3) is 0.600. The molecule has 1 aromatic carbocycles. The van der Waals surface area contributed by atoms with Gasteiger partial charge >= 0.3 is 0 Å². The molecule has 0 heterocycles. The first-order chi connectivity index (χ1) is 8.96. The van der Waals surface area contributed by atoms with Gasteiger partial charge in [-0.2, -0.15) is 0 Å². The van der Waals surface area contributed by atoms with Crippen LogP contribution in [0.4, 0.5) is 0 Å². The number of methoxy groups -OCH3 is 1. The molecule has 108 valence electrons. The summed E-state index contributed by atoms with van der Waals surface area (Å²) in [6, 6.07) is 7.39. The summed E-state index contributed by atoms with van der Waals surface area (Å²) >= 11 is 6.05. The summed E-state index contributed by atoms with van der Waals surface area (Å²) in [6.45, 7) is 6.45. The van der Waals surface area contributed by atoms with Crippen molar-refractivity contribution in [2.24, 2.45) is 5.41 Å². The Labute approximate surface area is 120 Å². The Balaban J connectivity index is 2.39. The molecule has 1 atom stereocenters. The lowest BCUT2D eigenvalue weighted by Crippen LogP contribution is -2.33. The average Bonchev–Trinajstić information content (AvgIpc) is 2.36. The number of aliphatic hydroxyl groups excluding tert-OH is 1. The van der Waals surface area contributed by atoms with Gasteiger partial charge in [-0.05, 0) is 17.9 Å². The van der Waals surface area contributed by atoms with Crippen molar-refractivity contribution in [1.82, 2.24) is 5.32 Å². The molecule has 0 aliphatic rings. The molecule has 2 N–H and O–H groups in total. The maximum absolute atomic E-state index is 10.1. The summed E-state index contributed by atoms with van der Waals surface area (Å²) in [4.78, 5) is 0. The van der Waals surface area contributed by atoms with Crippen LogP contribution in [-0.4, -0.2) is 31.9 Å². The smallest absolute Gasteiger partial charge is 0.0928 e. The number of hydrogen-bond donors (Lipinski definition) is 2. The molecule has 1 unspecified atom stereocenters. The van der Waals surface area contributed by atoms with E-state index in [1.807, 2.05) is 18.2 Å². The summed E-state index contributed by atoms with van der Waals surface area (Å²) in [6.07, 6.45) is 0.408. The molecule has 1 rings (SSSR count). The lowest BCUT2D eigenvalue weighted by molar-refractivity contribution is 0.140. The van der Waals surface area contributed by atoms with E-state index in [-0.39, 0.29) is 5.41 Å². The van der Waals surface area contributed by atoms with Crippen LogP contribution in [-0.2, 0) is 4.74 Å². The first kappa shape index (κ1) is 16.4. The Morgan fingerprint density at radius 2 is 2.05 bits per heavy atom. The van der Waals surface area contributed by atoms with Crippen molar-refractivity contribution < 1.29 is 9.84 Å². The van der Waals surface area contributed by atoms with Crippen molar-refractivity contribution in [3.05, 3.63) is 34.9 Å². The Bertz CT molecular complexity index is 382. The lowest BCUT2D eigenvalue weighted by atomic mass is 9.89. The Morgan fingerprint density at radius 1 is 1.37 bits per heavy atom. The highest BCUT2D eigenvalue weighted by Crippen LogP contribution is 2.23. The van der Waals surface area contributed by atoms with Crippen molar-refractivity contribution in [2.75, 3.05) is 26.8 Å². The van der Waals surface area contributed by atoms with E-state index in [4.69, 9.17) is 16.3 Å². The fourth-order valence-electron chi connectivity index (χ4n) is 1.87. The molecule has 0 spiro atoms. The van der Waals surface area contributed by atoms with Gasteiger partial charge in [-0.3, -0.25) is 0 Å². The molecule has 0 bridgehead atoms. The fourth-order valence-corrected chi connectivity index (χ4v) is 2.13. The van der Waals surface area contributed by atoms with Crippen LogP contribution in [0.3, 0.4) is 0 Å². The van der Waals surface area contributed by atoms with Gasteiger partial charge in [0.15, 0.2) is 0 Å². The Hall–Kier alpha value is -0.610. The molecule has 3 nitrogen and oxygen atoms in total. The summed E-state index contributed by atoms with van der Waals surface area (Å²) in [5.74, 6) is 0. The molecule has 0 saturated heterocycles. The summed E-state index contributed by atoms with van der Waals surface area (Å²) in [7, 11) is 1.71. The van der Waals surface area contributed by atoms with Gasteiger partial charge in [0.05, 0.1) is 6.10 Å². The van der Waals surface area contributed by atoms with Crippen molar-refractivity contribution in [3.63, 3.8) is 0 Å². The molecule has 0 saturated carbocycles. The molecular weight excluding hydrogens is 262 g/mol. The molecular formula is C15H24ClNO2. The number of aliphatic hydroxyl groups is 1. The Kier molecular flexibility index (Phi) is 6.80. The highest BCUT2D eigenvalue weighted by molar-refractivity contribution is 6.31. The number of hydrogen-bond acceptors (Lipinski definition) is 3. The average molecular weight is 286 g/mol. The molecule has 0 fully saturated rings. The van der Waals surface area contributed by atoms with Gasteiger partial charge in [0.25, 0.3) is 0 Å². The van der Waals surface area contributed by atoms with Crippen LogP contribution in [0.2, 0.25) is 5.02 Å². The molecule has 19 heavy (non-hydrogen) atoms. The minimum absolute atomic E-state index is 0.149. The van der Waals surface area contributed by atoms with Gasteiger partial charge in [0, 0.05) is 37.4 Å². The van der Waals surface area contributed by atoms with Gasteiger partial charge in [0.2, 0.25) is 0 Å². The van der Waals surface area contributed by atoms with E-state index < -0.39 is 6.10 Å². The summed E-state index contributed by atoms with van der Waals surface area (Å²) < 4.78 is 5.10. The molecule has 4 heteroatoms. The molecule has 0 aliphatic heterocycles. The number of halogens is 1. The number of benzene rings is 1. The number of ether oxygens (including phenoxy) is 1. The van der Waals surface area contributed by atoms with E-state index in [9.17, 15) is 5.11 Å². The third kappa shape index (κ3) is 5.91. The van der Waals surface area contributed by atoms with Crippen LogP contribution in [0.25, 0.3) is 0 Å². The van der Waals surface area contributed by atoms with Crippen molar-refractivity contribution in [3.8, 4) is 0 Å². The molecule has 0 aromatic heterocycles. The second-order valence-electron chi connectivity index (χ2n) is 5.58. The van der Waals surface area contributed by atoms with E-state index in [1.54, 1.807) is 13.2 Å². The molecule has 0 amide bonds. The first-order valence-electron chi connectivity index (χ1n) is 6.58. The zero-order valence-corrected chi connectivity index (χ0v) is 12.7. The van der Waals surface area contributed by atoms with E-state index in [0.717, 1.165) is 25.1 Å². The third-order valence-corrected chi connectivity index (χ3v) is 3.53.